The molecule has 1 aliphatic carbocycles. The number of hydrogen-bond donors (Lipinski definition) is 1. The molecule has 0 aliphatic heterocycles. The zero-order valence-electron chi connectivity index (χ0n) is 32.7. The molecule has 0 amide bonds. The molecule has 0 bridgehead atoms. The Balaban J connectivity index is 1.44. The maximum atomic E-state index is 14.2. The molecule has 0 aromatic heterocycles. The van der Waals surface area contributed by atoms with Gasteiger partial charge in [0.25, 0.3) is 0 Å². The number of rotatable bonds is 10. The second-order valence-electron chi connectivity index (χ2n) is 15.7. The third kappa shape index (κ3) is 6.43. The van der Waals surface area contributed by atoms with Crippen molar-refractivity contribution < 1.29 is 5.11 Å². The lowest BCUT2D eigenvalue weighted by atomic mass is 9.73. The standard InChI is InChI=1S/C52H50N2O/c1-35(2)38-31-47(36(3)4)51(48(32-38)37(5)6)52(55)49-33-43(53(39-19-11-7-12-20-39)40-21-13-8-14-22-40)27-29-45(49)46-30-28-44(34-50(46)52)54(41-23-15-9-16-24-41)42-25-17-10-18-26-42/h7-37,55H,1-6H3. The van der Waals surface area contributed by atoms with Gasteiger partial charge in [0.05, 0.1) is 0 Å². The highest BCUT2D eigenvalue weighted by Crippen LogP contribution is 2.57. The Morgan fingerprint density at radius 1 is 0.382 bits per heavy atom. The van der Waals surface area contributed by atoms with E-state index < -0.39 is 5.60 Å². The van der Waals surface area contributed by atoms with E-state index in [0.29, 0.717) is 5.92 Å². The van der Waals surface area contributed by atoms with Crippen molar-refractivity contribution in [1.82, 2.24) is 0 Å². The highest BCUT2D eigenvalue weighted by molar-refractivity contribution is 5.89. The van der Waals surface area contributed by atoms with E-state index in [9.17, 15) is 5.11 Å². The van der Waals surface area contributed by atoms with E-state index >= 15 is 0 Å². The molecule has 0 radical (unpaired) electrons. The van der Waals surface area contributed by atoms with Crippen LogP contribution in [-0.4, -0.2) is 5.11 Å². The Bertz CT molecular complexity index is 2180. The van der Waals surface area contributed by atoms with Crippen molar-refractivity contribution in [3.8, 4) is 11.1 Å². The summed E-state index contributed by atoms with van der Waals surface area (Å²) in [5.41, 5.74) is 13.4. The number of aliphatic hydroxyl groups is 1. The fourth-order valence-electron chi connectivity index (χ4n) is 8.40. The Labute approximate surface area is 327 Å². The first kappa shape index (κ1) is 36.1. The van der Waals surface area contributed by atoms with E-state index in [1.807, 2.05) is 0 Å². The lowest BCUT2D eigenvalue weighted by molar-refractivity contribution is 0.128. The van der Waals surface area contributed by atoms with Gasteiger partial charge < -0.3 is 14.9 Å². The average molecular weight is 719 g/mol. The fraction of sp³-hybridized carbons (Fsp3) is 0.192. The second-order valence-corrected chi connectivity index (χ2v) is 15.7. The van der Waals surface area contributed by atoms with Crippen LogP contribution in [0.4, 0.5) is 34.1 Å². The van der Waals surface area contributed by atoms with Gasteiger partial charge in [-0.05, 0) is 124 Å². The van der Waals surface area contributed by atoms with Gasteiger partial charge in [0.1, 0.15) is 5.60 Å². The van der Waals surface area contributed by atoms with Crippen LogP contribution in [0.1, 0.15) is 92.7 Å². The summed E-state index contributed by atoms with van der Waals surface area (Å²) in [6.07, 6.45) is 0. The average Bonchev–Trinajstić information content (AvgIpc) is 3.46. The fourth-order valence-corrected chi connectivity index (χ4v) is 8.40. The second kappa shape index (κ2) is 14.7. The van der Waals surface area contributed by atoms with Crippen LogP contribution >= 0.6 is 0 Å². The maximum absolute atomic E-state index is 14.2. The molecule has 0 saturated heterocycles. The van der Waals surface area contributed by atoms with E-state index in [-0.39, 0.29) is 11.8 Å². The molecule has 1 aliphatic rings. The van der Waals surface area contributed by atoms with Gasteiger partial charge in [-0.1, -0.05) is 139 Å². The van der Waals surface area contributed by atoms with Gasteiger partial charge in [0.15, 0.2) is 0 Å². The highest BCUT2D eigenvalue weighted by Gasteiger charge is 2.47. The molecule has 0 unspecified atom stereocenters. The summed E-state index contributed by atoms with van der Waals surface area (Å²) in [6.45, 7) is 13.6. The molecule has 3 heteroatoms. The predicted octanol–water partition coefficient (Wildman–Crippen LogP) is 14.3. The van der Waals surface area contributed by atoms with Crippen molar-refractivity contribution in [2.75, 3.05) is 9.80 Å². The quantitative estimate of drug-likeness (QED) is 0.153. The van der Waals surface area contributed by atoms with E-state index in [1.54, 1.807) is 0 Å². The van der Waals surface area contributed by atoms with Gasteiger partial charge in [0.2, 0.25) is 0 Å². The summed E-state index contributed by atoms with van der Waals surface area (Å²) in [7, 11) is 0. The van der Waals surface area contributed by atoms with Gasteiger partial charge in [-0.3, -0.25) is 0 Å². The minimum atomic E-state index is -1.44. The van der Waals surface area contributed by atoms with E-state index in [1.165, 1.54) is 16.7 Å². The summed E-state index contributed by atoms with van der Waals surface area (Å²) < 4.78 is 0. The molecule has 8 rings (SSSR count). The predicted molar refractivity (Wildman–Crippen MR) is 232 cm³/mol. The van der Waals surface area contributed by atoms with E-state index in [2.05, 4.69) is 221 Å². The van der Waals surface area contributed by atoms with Crippen molar-refractivity contribution in [2.24, 2.45) is 0 Å². The van der Waals surface area contributed by atoms with Crippen LogP contribution in [0.5, 0.6) is 0 Å². The Kier molecular flexibility index (Phi) is 9.67. The summed E-state index contributed by atoms with van der Waals surface area (Å²) >= 11 is 0. The van der Waals surface area contributed by atoms with E-state index in [0.717, 1.165) is 61.9 Å². The number of hydrogen-bond acceptors (Lipinski definition) is 3. The molecule has 0 atom stereocenters. The van der Waals surface area contributed by atoms with Crippen LogP contribution in [-0.2, 0) is 5.60 Å². The molecular formula is C52H50N2O. The summed E-state index contributed by atoms with van der Waals surface area (Å²) in [5, 5.41) is 14.2. The lowest BCUT2D eigenvalue weighted by Gasteiger charge is -2.35. The van der Waals surface area contributed by atoms with Crippen LogP contribution < -0.4 is 9.80 Å². The van der Waals surface area contributed by atoms with Crippen molar-refractivity contribution >= 4 is 34.1 Å². The van der Waals surface area contributed by atoms with Crippen LogP contribution in [0.2, 0.25) is 0 Å². The molecule has 7 aromatic rings. The summed E-state index contributed by atoms with van der Waals surface area (Å²) in [4.78, 5) is 4.58. The zero-order valence-corrected chi connectivity index (χ0v) is 32.7. The monoisotopic (exact) mass is 718 g/mol. The van der Waals surface area contributed by atoms with Gasteiger partial charge in [0, 0.05) is 45.3 Å². The first-order valence-electron chi connectivity index (χ1n) is 19.7. The van der Waals surface area contributed by atoms with Crippen molar-refractivity contribution in [3.05, 3.63) is 203 Å². The molecule has 0 fully saturated rings. The van der Waals surface area contributed by atoms with Crippen molar-refractivity contribution in [1.29, 1.82) is 0 Å². The van der Waals surface area contributed by atoms with Gasteiger partial charge in [-0.2, -0.15) is 0 Å². The van der Waals surface area contributed by atoms with Crippen molar-refractivity contribution in [2.45, 2.75) is 64.9 Å². The molecule has 274 valence electrons. The molecule has 0 saturated carbocycles. The largest absolute Gasteiger partial charge is 0.376 e. The first-order valence-corrected chi connectivity index (χ1v) is 19.7. The number of nitrogens with zero attached hydrogens (tertiary/aromatic N) is 2. The van der Waals surface area contributed by atoms with Crippen LogP contribution in [0.25, 0.3) is 11.1 Å². The first-order chi connectivity index (χ1) is 26.7. The molecule has 3 nitrogen and oxygen atoms in total. The summed E-state index contributed by atoms with van der Waals surface area (Å²) in [5.74, 6) is 0.726. The minimum Gasteiger partial charge on any atom is -0.376 e. The summed E-state index contributed by atoms with van der Waals surface area (Å²) in [6, 6.07) is 60.1. The Morgan fingerprint density at radius 3 is 1.00 bits per heavy atom. The van der Waals surface area contributed by atoms with Gasteiger partial charge in [-0.15, -0.1) is 0 Å². The number of benzene rings is 7. The Hall–Kier alpha value is -5.90. The third-order valence-electron chi connectivity index (χ3n) is 11.1. The van der Waals surface area contributed by atoms with Gasteiger partial charge >= 0.3 is 0 Å². The maximum Gasteiger partial charge on any atom is 0.142 e. The van der Waals surface area contributed by atoms with Crippen LogP contribution in [0.15, 0.2) is 170 Å². The normalized spacial score (nSPS) is 12.9. The minimum absolute atomic E-state index is 0.185. The smallest absolute Gasteiger partial charge is 0.142 e. The number of fused-ring (bicyclic) bond motifs is 3. The zero-order chi connectivity index (χ0) is 38.3. The van der Waals surface area contributed by atoms with Crippen molar-refractivity contribution in [3.63, 3.8) is 0 Å². The molecule has 0 spiro atoms. The SMILES string of the molecule is CC(C)c1cc(C(C)C)c(C2(O)c3cc(N(c4ccccc4)c4ccccc4)ccc3-c3ccc(N(c4ccccc4)c4ccccc4)cc32)c(C(C)C)c1. The topological polar surface area (TPSA) is 26.7 Å². The molecule has 0 heterocycles. The number of anilines is 6. The van der Waals surface area contributed by atoms with Gasteiger partial charge in [-0.25, -0.2) is 0 Å². The van der Waals surface area contributed by atoms with Crippen LogP contribution in [0, 0.1) is 0 Å². The third-order valence-corrected chi connectivity index (χ3v) is 11.1. The molecule has 55 heavy (non-hydrogen) atoms. The molecule has 7 aromatic carbocycles. The highest BCUT2D eigenvalue weighted by atomic mass is 16.3. The molecular weight excluding hydrogens is 669 g/mol. The van der Waals surface area contributed by atoms with Crippen LogP contribution in [0.3, 0.4) is 0 Å². The lowest BCUT2D eigenvalue weighted by Crippen LogP contribution is -2.31. The van der Waals surface area contributed by atoms with E-state index in [4.69, 9.17) is 0 Å². The number of para-hydroxylation sites is 4. The molecule has 1 N–H and O–H groups in total. The Morgan fingerprint density at radius 2 is 0.709 bits per heavy atom.